The Morgan fingerprint density at radius 1 is 1.36 bits per heavy atom. The standard InChI is InChI=1S/C9H9F2N3/c1-9(2,5-12)7-6(8(10)11)13-3-4-14-7/h3-4,8H,1-2H3. The van der Waals surface area contributed by atoms with Crippen LogP contribution in [0.5, 0.6) is 0 Å². The second kappa shape index (κ2) is 3.66. The van der Waals surface area contributed by atoms with Crippen LogP contribution in [0.1, 0.15) is 31.7 Å². The molecule has 74 valence electrons. The van der Waals surface area contributed by atoms with E-state index in [-0.39, 0.29) is 5.69 Å². The fourth-order valence-electron chi connectivity index (χ4n) is 1.04. The molecule has 0 aliphatic rings. The molecule has 0 bridgehead atoms. The number of nitriles is 1. The molecule has 0 atom stereocenters. The lowest BCUT2D eigenvalue weighted by atomic mass is 9.89. The van der Waals surface area contributed by atoms with E-state index in [1.807, 2.05) is 6.07 Å². The van der Waals surface area contributed by atoms with E-state index < -0.39 is 17.5 Å². The summed E-state index contributed by atoms with van der Waals surface area (Å²) in [5.41, 5.74) is -1.42. The van der Waals surface area contributed by atoms with Crippen molar-refractivity contribution in [3.05, 3.63) is 23.8 Å². The predicted octanol–water partition coefficient (Wildman–Crippen LogP) is 2.22. The van der Waals surface area contributed by atoms with Gasteiger partial charge in [0.1, 0.15) is 5.69 Å². The first-order chi connectivity index (χ1) is 6.49. The summed E-state index contributed by atoms with van der Waals surface area (Å²) < 4.78 is 25.0. The van der Waals surface area contributed by atoms with Gasteiger partial charge in [-0.1, -0.05) is 0 Å². The molecular weight excluding hydrogens is 188 g/mol. The predicted molar refractivity (Wildman–Crippen MR) is 45.6 cm³/mol. The fourth-order valence-corrected chi connectivity index (χ4v) is 1.04. The molecule has 0 unspecified atom stereocenters. The molecule has 1 aromatic heterocycles. The van der Waals surface area contributed by atoms with Crippen LogP contribution >= 0.6 is 0 Å². The highest BCUT2D eigenvalue weighted by Gasteiger charge is 2.29. The number of halogens is 2. The molecule has 1 aromatic rings. The van der Waals surface area contributed by atoms with Gasteiger partial charge in [0, 0.05) is 12.4 Å². The molecule has 0 aromatic carbocycles. The summed E-state index contributed by atoms with van der Waals surface area (Å²) in [6.07, 6.45) is -0.204. The zero-order valence-corrected chi connectivity index (χ0v) is 7.83. The van der Waals surface area contributed by atoms with E-state index >= 15 is 0 Å². The van der Waals surface area contributed by atoms with Crippen molar-refractivity contribution in [2.24, 2.45) is 0 Å². The quantitative estimate of drug-likeness (QED) is 0.730. The highest BCUT2D eigenvalue weighted by molar-refractivity contribution is 5.27. The van der Waals surface area contributed by atoms with E-state index in [2.05, 4.69) is 9.97 Å². The van der Waals surface area contributed by atoms with E-state index in [1.54, 1.807) is 0 Å². The molecule has 0 spiro atoms. The largest absolute Gasteiger partial charge is 0.282 e. The Morgan fingerprint density at radius 3 is 2.43 bits per heavy atom. The molecule has 3 nitrogen and oxygen atoms in total. The molecule has 0 fully saturated rings. The normalized spacial score (nSPS) is 11.4. The van der Waals surface area contributed by atoms with Crippen LogP contribution in [0.4, 0.5) is 8.78 Å². The first-order valence-electron chi connectivity index (χ1n) is 4.00. The average Bonchev–Trinajstić information content (AvgIpc) is 2.18. The van der Waals surface area contributed by atoms with E-state index in [0.717, 1.165) is 0 Å². The maximum atomic E-state index is 12.5. The summed E-state index contributed by atoms with van der Waals surface area (Å²) in [7, 11) is 0. The Hall–Kier alpha value is -1.57. The highest BCUT2D eigenvalue weighted by atomic mass is 19.3. The first-order valence-corrected chi connectivity index (χ1v) is 4.00. The molecule has 5 heteroatoms. The van der Waals surface area contributed by atoms with Crippen LogP contribution < -0.4 is 0 Å². The third-order valence-corrected chi connectivity index (χ3v) is 1.80. The lowest BCUT2D eigenvalue weighted by Gasteiger charge is -2.16. The lowest BCUT2D eigenvalue weighted by molar-refractivity contribution is 0.143. The van der Waals surface area contributed by atoms with E-state index in [0.29, 0.717) is 0 Å². The second-order valence-electron chi connectivity index (χ2n) is 3.33. The maximum Gasteiger partial charge on any atom is 0.282 e. The Balaban J connectivity index is 3.29. The lowest BCUT2D eigenvalue weighted by Crippen LogP contribution is -2.19. The van der Waals surface area contributed by atoms with Crippen molar-refractivity contribution >= 4 is 0 Å². The Kier molecular flexibility index (Phi) is 2.75. The van der Waals surface area contributed by atoms with Crippen LogP contribution in [-0.4, -0.2) is 9.97 Å². The summed E-state index contributed by atoms with van der Waals surface area (Å²) in [6, 6.07) is 1.92. The van der Waals surface area contributed by atoms with Gasteiger partial charge in [0.2, 0.25) is 0 Å². The molecule has 0 aliphatic heterocycles. The van der Waals surface area contributed by atoms with Crippen LogP contribution in [0.3, 0.4) is 0 Å². The topological polar surface area (TPSA) is 49.6 Å². The summed E-state index contributed by atoms with van der Waals surface area (Å²) in [4.78, 5) is 7.31. The number of aromatic nitrogens is 2. The molecule has 0 saturated heterocycles. The second-order valence-corrected chi connectivity index (χ2v) is 3.33. The molecular formula is C9H9F2N3. The average molecular weight is 197 g/mol. The summed E-state index contributed by atoms with van der Waals surface area (Å²) >= 11 is 0. The van der Waals surface area contributed by atoms with Gasteiger partial charge >= 0.3 is 0 Å². The van der Waals surface area contributed by atoms with Gasteiger partial charge in [-0.05, 0) is 13.8 Å². The van der Waals surface area contributed by atoms with Gasteiger partial charge in [-0.25, -0.2) is 8.78 Å². The van der Waals surface area contributed by atoms with E-state index in [1.165, 1.54) is 26.2 Å². The minimum atomic E-state index is -2.70. The summed E-state index contributed by atoms with van der Waals surface area (Å²) in [5, 5.41) is 8.79. The number of nitrogens with zero attached hydrogens (tertiary/aromatic N) is 3. The van der Waals surface area contributed by atoms with Gasteiger partial charge in [-0.15, -0.1) is 0 Å². The molecule has 1 rings (SSSR count). The van der Waals surface area contributed by atoms with Crippen LogP contribution in [0.25, 0.3) is 0 Å². The van der Waals surface area contributed by atoms with Crippen molar-refractivity contribution in [1.29, 1.82) is 5.26 Å². The summed E-state index contributed by atoms with van der Waals surface area (Å²) in [5.74, 6) is 0. The van der Waals surface area contributed by atoms with Crippen LogP contribution in [0.15, 0.2) is 12.4 Å². The number of hydrogen-bond donors (Lipinski definition) is 0. The van der Waals surface area contributed by atoms with Crippen LogP contribution in [0.2, 0.25) is 0 Å². The Labute approximate surface area is 80.4 Å². The van der Waals surface area contributed by atoms with Gasteiger partial charge in [-0.3, -0.25) is 9.97 Å². The molecule has 0 N–H and O–H groups in total. The van der Waals surface area contributed by atoms with Crippen LogP contribution in [-0.2, 0) is 5.41 Å². The number of alkyl halides is 2. The maximum absolute atomic E-state index is 12.5. The Bertz CT molecular complexity index is 369. The monoisotopic (exact) mass is 197 g/mol. The third kappa shape index (κ3) is 1.84. The van der Waals surface area contributed by atoms with Crippen molar-refractivity contribution in [2.75, 3.05) is 0 Å². The van der Waals surface area contributed by atoms with E-state index in [4.69, 9.17) is 5.26 Å². The highest BCUT2D eigenvalue weighted by Crippen LogP contribution is 2.28. The number of rotatable bonds is 2. The summed E-state index contributed by atoms with van der Waals surface area (Å²) in [6.45, 7) is 3.06. The third-order valence-electron chi connectivity index (χ3n) is 1.80. The molecule has 0 radical (unpaired) electrons. The fraction of sp³-hybridized carbons (Fsp3) is 0.444. The minimum absolute atomic E-state index is 0.0394. The van der Waals surface area contributed by atoms with E-state index in [9.17, 15) is 8.78 Å². The van der Waals surface area contributed by atoms with Crippen molar-refractivity contribution in [2.45, 2.75) is 25.7 Å². The molecule has 0 saturated carbocycles. The smallest absolute Gasteiger partial charge is 0.256 e. The molecule has 1 heterocycles. The minimum Gasteiger partial charge on any atom is -0.256 e. The Morgan fingerprint density at radius 2 is 1.93 bits per heavy atom. The molecule has 0 amide bonds. The zero-order valence-electron chi connectivity index (χ0n) is 7.83. The van der Waals surface area contributed by atoms with Crippen LogP contribution in [0, 0.1) is 11.3 Å². The van der Waals surface area contributed by atoms with Crippen molar-refractivity contribution in [3.8, 4) is 6.07 Å². The van der Waals surface area contributed by atoms with Gasteiger partial charge in [0.05, 0.1) is 17.2 Å². The number of hydrogen-bond acceptors (Lipinski definition) is 3. The SMILES string of the molecule is CC(C)(C#N)c1nccnc1C(F)F. The van der Waals surface area contributed by atoms with Gasteiger partial charge in [0.25, 0.3) is 6.43 Å². The van der Waals surface area contributed by atoms with Crippen molar-refractivity contribution in [1.82, 2.24) is 9.97 Å². The van der Waals surface area contributed by atoms with Gasteiger partial charge < -0.3 is 0 Å². The van der Waals surface area contributed by atoms with Crippen molar-refractivity contribution in [3.63, 3.8) is 0 Å². The first kappa shape index (κ1) is 10.5. The van der Waals surface area contributed by atoms with Gasteiger partial charge in [-0.2, -0.15) is 5.26 Å². The molecule has 0 aliphatic carbocycles. The van der Waals surface area contributed by atoms with Gasteiger partial charge in [0.15, 0.2) is 0 Å². The van der Waals surface area contributed by atoms with Crippen molar-refractivity contribution < 1.29 is 8.78 Å². The molecule has 14 heavy (non-hydrogen) atoms. The zero-order chi connectivity index (χ0) is 10.8.